The van der Waals surface area contributed by atoms with Crippen molar-refractivity contribution < 1.29 is 38.1 Å². The number of esters is 4. The van der Waals surface area contributed by atoms with Gasteiger partial charge in [0.1, 0.15) is 16.9 Å². The lowest BCUT2D eigenvalue weighted by Gasteiger charge is -2.27. The Kier molecular flexibility index (Phi) is 28.2. The van der Waals surface area contributed by atoms with Crippen LogP contribution in [-0.4, -0.2) is 120 Å². The minimum Gasteiger partial charge on any atom is -0.469 e. The van der Waals surface area contributed by atoms with E-state index in [4.69, 9.17) is 29.7 Å². The molecule has 0 radical (unpaired) electrons. The van der Waals surface area contributed by atoms with Gasteiger partial charge in [-0.3, -0.25) is 19.2 Å². The Labute approximate surface area is 401 Å². The number of carbonyl (C=O) groups is 4. The lowest BCUT2D eigenvalue weighted by atomic mass is 10.1. The van der Waals surface area contributed by atoms with E-state index in [1.54, 1.807) is 0 Å². The second-order valence-corrected chi connectivity index (χ2v) is 18.5. The van der Waals surface area contributed by atoms with Crippen LogP contribution in [0, 0.1) is 0 Å². The van der Waals surface area contributed by atoms with E-state index in [9.17, 15) is 19.2 Å². The minimum absolute atomic E-state index is 0.186. The number of aromatic nitrogens is 3. The zero-order valence-corrected chi connectivity index (χ0v) is 42.3. The topological polar surface area (TPSA) is 180 Å². The highest BCUT2D eigenvalue weighted by Crippen LogP contribution is 2.31. The quantitative estimate of drug-likeness (QED) is 0.0314. The molecule has 0 saturated carbocycles. The maximum atomic E-state index is 13.3. The average molecular weight is 938 g/mol. The molecule has 378 valence electrons. The number of hydrogen-bond donors (Lipinski definition) is 2. The van der Waals surface area contributed by atoms with Crippen molar-refractivity contribution in [3.63, 3.8) is 0 Å². The van der Waals surface area contributed by atoms with Gasteiger partial charge >= 0.3 is 23.9 Å². The summed E-state index contributed by atoms with van der Waals surface area (Å²) in [4.78, 5) is 64.7. The summed E-state index contributed by atoms with van der Waals surface area (Å²) in [6.07, 6.45) is 17.7. The minimum atomic E-state index is -0.829. The van der Waals surface area contributed by atoms with Crippen molar-refractivity contribution in [1.29, 1.82) is 0 Å². The van der Waals surface area contributed by atoms with Crippen LogP contribution in [0.15, 0.2) is 24.3 Å². The second-order valence-electron chi connectivity index (χ2n) is 18.5. The molecular formula is C52H87N7O8. The van der Waals surface area contributed by atoms with E-state index >= 15 is 0 Å². The number of hydrogen-bond acceptors (Lipinski definition) is 14. The van der Waals surface area contributed by atoms with E-state index in [-0.39, 0.29) is 36.7 Å². The molecule has 15 heteroatoms. The molecule has 0 saturated heterocycles. The van der Waals surface area contributed by atoms with Gasteiger partial charge in [0.25, 0.3) is 0 Å². The fourth-order valence-electron chi connectivity index (χ4n) is 8.32. The fourth-order valence-corrected chi connectivity index (χ4v) is 8.32. The molecule has 0 unspecified atom stereocenters. The molecule has 3 aromatic rings. The Bertz CT molecular complexity index is 1890. The van der Waals surface area contributed by atoms with Crippen molar-refractivity contribution in [2.45, 2.75) is 182 Å². The van der Waals surface area contributed by atoms with Gasteiger partial charge in [0.15, 0.2) is 5.82 Å². The predicted molar refractivity (Wildman–Crippen MR) is 268 cm³/mol. The van der Waals surface area contributed by atoms with E-state index < -0.39 is 5.60 Å². The maximum Gasteiger partial charge on any atom is 0.307 e. The van der Waals surface area contributed by atoms with Gasteiger partial charge in [-0.05, 0) is 78.2 Å². The molecule has 2 aromatic heterocycles. The molecule has 0 aliphatic carbocycles. The zero-order chi connectivity index (χ0) is 48.7. The van der Waals surface area contributed by atoms with Crippen LogP contribution >= 0.6 is 0 Å². The van der Waals surface area contributed by atoms with Crippen molar-refractivity contribution in [2.24, 2.45) is 0 Å². The number of carbonyl (C=O) groups excluding carboxylic acids is 4. The number of rotatable bonds is 39. The van der Waals surface area contributed by atoms with Gasteiger partial charge < -0.3 is 44.4 Å². The molecule has 67 heavy (non-hydrogen) atoms. The van der Waals surface area contributed by atoms with Crippen molar-refractivity contribution in [2.75, 3.05) is 71.9 Å². The number of nitrogens with two attached hydrogens (primary N) is 1. The summed E-state index contributed by atoms with van der Waals surface area (Å²) in [6.45, 7) is 16.6. The van der Waals surface area contributed by atoms with Crippen LogP contribution in [0.5, 0.6) is 0 Å². The Hall–Kier alpha value is -4.34. The molecule has 1 aromatic carbocycles. The number of nitrogens with zero attached hydrogens (tertiary/aromatic N) is 5. The number of para-hydroxylation sites is 1. The zero-order valence-electron chi connectivity index (χ0n) is 42.3. The van der Waals surface area contributed by atoms with E-state index in [1.807, 2.05) is 45.0 Å². The Morgan fingerprint density at radius 3 is 1.78 bits per heavy atom. The number of nitrogens with one attached hydrogen (secondary N) is 1. The summed E-state index contributed by atoms with van der Waals surface area (Å²) in [6, 6.07) is 7.86. The van der Waals surface area contributed by atoms with Crippen LogP contribution in [0.1, 0.15) is 169 Å². The summed E-state index contributed by atoms with van der Waals surface area (Å²) in [5, 5.41) is 4.31. The predicted octanol–water partition coefficient (Wildman–Crippen LogP) is 9.30. The molecule has 2 heterocycles. The van der Waals surface area contributed by atoms with Crippen LogP contribution < -0.4 is 11.1 Å². The first kappa shape index (κ1) is 57.0. The number of pyridine rings is 1. The highest BCUT2D eigenvalue weighted by Gasteiger charge is 2.28. The van der Waals surface area contributed by atoms with Crippen molar-refractivity contribution >= 4 is 51.6 Å². The number of imidazole rings is 1. The number of methoxy groups -OCH3 is 1. The van der Waals surface area contributed by atoms with E-state index in [1.165, 1.54) is 45.6 Å². The molecule has 0 spiro atoms. The summed E-state index contributed by atoms with van der Waals surface area (Å²) < 4.78 is 24.3. The SMILES string of the molecule is CCCCCCCCOC(=O)CCN(CCCCCC(=O)OC(C)(C)Cn1c(CNCC)nc2c(N)nc3ccccc3c21)CCCN(CCC(=O)OC)CCC(=O)OCCCCCCCC. The monoisotopic (exact) mass is 938 g/mol. The largest absolute Gasteiger partial charge is 0.469 e. The van der Waals surface area contributed by atoms with E-state index in [0.717, 1.165) is 99.7 Å². The summed E-state index contributed by atoms with van der Waals surface area (Å²) >= 11 is 0. The van der Waals surface area contributed by atoms with Gasteiger partial charge in [-0.15, -0.1) is 0 Å². The first-order chi connectivity index (χ1) is 32.4. The van der Waals surface area contributed by atoms with Gasteiger partial charge in [-0.2, -0.15) is 0 Å². The number of ether oxygens (including phenoxy) is 4. The highest BCUT2D eigenvalue weighted by atomic mass is 16.6. The third kappa shape index (κ3) is 23.0. The Morgan fingerprint density at radius 2 is 1.18 bits per heavy atom. The first-order valence-corrected chi connectivity index (χ1v) is 25.7. The van der Waals surface area contributed by atoms with Gasteiger partial charge in [-0.25, -0.2) is 9.97 Å². The van der Waals surface area contributed by atoms with E-state index in [0.29, 0.717) is 83.1 Å². The van der Waals surface area contributed by atoms with Crippen molar-refractivity contribution in [1.82, 2.24) is 29.7 Å². The Morgan fingerprint density at radius 1 is 0.642 bits per heavy atom. The number of fused-ring (bicyclic) bond motifs is 3. The summed E-state index contributed by atoms with van der Waals surface area (Å²) in [5.41, 5.74) is 7.88. The molecule has 3 rings (SSSR count). The molecule has 0 bridgehead atoms. The molecule has 0 fully saturated rings. The first-order valence-electron chi connectivity index (χ1n) is 25.7. The average Bonchev–Trinajstić information content (AvgIpc) is 3.66. The third-order valence-corrected chi connectivity index (χ3v) is 12.1. The van der Waals surface area contributed by atoms with Crippen molar-refractivity contribution in [3.8, 4) is 0 Å². The number of unbranched alkanes of at least 4 members (excludes halogenated alkanes) is 12. The molecule has 0 aliphatic rings. The third-order valence-electron chi connectivity index (χ3n) is 12.1. The van der Waals surface area contributed by atoms with Crippen LogP contribution in [0.4, 0.5) is 5.82 Å². The number of benzene rings is 1. The smallest absolute Gasteiger partial charge is 0.307 e. The number of nitrogen functional groups attached to an aromatic ring is 1. The molecular weight excluding hydrogens is 851 g/mol. The van der Waals surface area contributed by atoms with Gasteiger partial charge in [0.05, 0.1) is 63.7 Å². The van der Waals surface area contributed by atoms with E-state index in [2.05, 4.69) is 38.5 Å². The molecule has 3 N–H and O–H groups in total. The van der Waals surface area contributed by atoms with Crippen LogP contribution in [0.2, 0.25) is 0 Å². The van der Waals surface area contributed by atoms with Gasteiger partial charge in [-0.1, -0.05) is 110 Å². The summed E-state index contributed by atoms with van der Waals surface area (Å²) in [5.74, 6) is 0.220. The van der Waals surface area contributed by atoms with Crippen LogP contribution in [0.3, 0.4) is 0 Å². The number of anilines is 1. The molecule has 0 aliphatic heterocycles. The molecule has 0 atom stereocenters. The Balaban J connectivity index is 1.55. The second kappa shape index (κ2) is 33.2. The molecule has 0 amide bonds. The fraction of sp³-hybridized carbons (Fsp3) is 0.731. The van der Waals surface area contributed by atoms with Gasteiger partial charge in [0.2, 0.25) is 0 Å². The maximum absolute atomic E-state index is 13.3. The standard InChI is InChI=1S/C52H87N7O8/c1-7-10-12-14-16-23-38-65-46(61)30-36-57(33-25-34-58(35-29-45(60)64-6)37-31-47(62)66-39-24-17-15-13-11-8-2)32-22-18-19-28-48(63)67-52(4,5)41-59-44(40-54-9-3)56-49-50(59)42-26-20-21-27-43(42)55-51(49)53/h20-21,26-27,54H,7-19,22-25,28-41H2,1-6H3,(H2,53,55). The summed E-state index contributed by atoms with van der Waals surface area (Å²) in [7, 11) is 1.38. The highest BCUT2D eigenvalue weighted by molar-refractivity contribution is 6.06. The normalized spacial score (nSPS) is 11.8. The molecule has 15 nitrogen and oxygen atoms in total. The lowest BCUT2D eigenvalue weighted by molar-refractivity contribution is -0.158. The van der Waals surface area contributed by atoms with Crippen LogP contribution in [0.25, 0.3) is 21.9 Å². The van der Waals surface area contributed by atoms with Crippen molar-refractivity contribution in [3.05, 3.63) is 30.1 Å². The lowest BCUT2D eigenvalue weighted by Crippen LogP contribution is -2.34. The van der Waals surface area contributed by atoms with Gasteiger partial charge in [0, 0.05) is 31.4 Å². The van der Waals surface area contributed by atoms with Crippen LogP contribution in [-0.2, 0) is 51.2 Å².